The van der Waals surface area contributed by atoms with Gasteiger partial charge < -0.3 is 54.7 Å². The fourth-order valence-electron chi connectivity index (χ4n) is 3.13. The highest BCUT2D eigenvalue weighted by Gasteiger charge is 2.31. The van der Waals surface area contributed by atoms with Gasteiger partial charge in [0.25, 0.3) is 0 Å². The van der Waals surface area contributed by atoms with Crippen molar-refractivity contribution in [2.75, 3.05) is 6.54 Å². The number of rotatable bonds is 17. The first-order valence-corrected chi connectivity index (χ1v) is 11.3. The Balaban J connectivity index is 3.03. The minimum atomic E-state index is -1.58. The Hall–Kier alpha value is -4.74. The van der Waals surface area contributed by atoms with Crippen molar-refractivity contribution < 1.29 is 33.9 Å². The van der Waals surface area contributed by atoms with Crippen molar-refractivity contribution in [2.45, 2.75) is 56.3 Å². The molecule has 38 heavy (non-hydrogen) atoms. The maximum absolute atomic E-state index is 13.0. The average molecular weight is 540 g/mol. The lowest BCUT2D eigenvalue weighted by molar-refractivity contribution is -0.142. The van der Waals surface area contributed by atoms with Gasteiger partial charge in [-0.3, -0.25) is 29.0 Å². The number of H-pyrrole nitrogens is 1. The molecule has 1 aromatic rings. The number of carbonyl (C=O) groups is 6. The summed E-state index contributed by atoms with van der Waals surface area (Å²) in [6, 6.07) is -5.68. The van der Waals surface area contributed by atoms with Gasteiger partial charge in [-0.15, -0.1) is 0 Å². The van der Waals surface area contributed by atoms with E-state index < -0.39 is 72.5 Å². The first-order valence-electron chi connectivity index (χ1n) is 11.3. The molecule has 1 rings (SSSR count). The highest BCUT2D eigenvalue weighted by atomic mass is 16.4. The second-order valence-electron chi connectivity index (χ2n) is 8.20. The van der Waals surface area contributed by atoms with Crippen LogP contribution in [-0.4, -0.2) is 87.3 Å². The van der Waals surface area contributed by atoms with Crippen molar-refractivity contribution in [3.05, 3.63) is 18.2 Å². The monoisotopic (exact) mass is 539 g/mol. The fourth-order valence-corrected chi connectivity index (χ4v) is 3.13. The summed E-state index contributed by atoms with van der Waals surface area (Å²) in [7, 11) is 0. The van der Waals surface area contributed by atoms with E-state index in [1.165, 1.54) is 12.5 Å². The van der Waals surface area contributed by atoms with Crippen LogP contribution in [0.1, 0.15) is 31.4 Å². The molecular formula is C20H33N11O7. The Morgan fingerprint density at radius 2 is 1.47 bits per heavy atom. The van der Waals surface area contributed by atoms with Gasteiger partial charge in [-0.05, 0) is 12.8 Å². The smallest absolute Gasteiger partial charge is 0.326 e. The third-order valence-corrected chi connectivity index (χ3v) is 4.97. The quantitative estimate of drug-likeness (QED) is 0.0505. The van der Waals surface area contributed by atoms with Crippen LogP contribution in [0.25, 0.3) is 0 Å². The van der Waals surface area contributed by atoms with Gasteiger partial charge in [-0.2, -0.15) is 0 Å². The maximum atomic E-state index is 13.0. The van der Waals surface area contributed by atoms with Crippen LogP contribution in [-0.2, 0) is 35.2 Å². The van der Waals surface area contributed by atoms with Crippen molar-refractivity contribution in [3.8, 4) is 0 Å². The van der Waals surface area contributed by atoms with E-state index in [9.17, 15) is 33.9 Å². The summed E-state index contributed by atoms with van der Waals surface area (Å²) in [5, 5.41) is 16.4. The number of hydrogen-bond donors (Lipinski definition) is 10. The van der Waals surface area contributed by atoms with Crippen LogP contribution >= 0.6 is 0 Å². The van der Waals surface area contributed by atoms with E-state index in [2.05, 4.69) is 30.9 Å². The molecule has 1 heterocycles. The molecule has 18 heteroatoms. The molecule has 4 unspecified atom stereocenters. The first kappa shape index (κ1) is 31.3. The topological polar surface area (TPSA) is 330 Å². The molecule has 0 aliphatic heterocycles. The van der Waals surface area contributed by atoms with Crippen LogP contribution in [0.15, 0.2) is 17.5 Å². The maximum Gasteiger partial charge on any atom is 0.326 e. The van der Waals surface area contributed by atoms with E-state index in [1.54, 1.807) is 0 Å². The molecule has 0 saturated carbocycles. The molecule has 4 atom stereocenters. The Morgan fingerprint density at radius 3 is 2.00 bits per heavy atom. The lowest BCUT2D eigenvalue weighted by Crippen LogP contribution is -2.58. The molecule has 1 aromatic heterocycles. The summed E-state index contributed by atoms with van der Waals surface area (Å²) < 4.78 is 0. The average Bonchev–Trinajstić information content (AvgIpc) is 3.32. The van der Waals surface area contributed by atoms with Crippen molar-refractivity contribution in [1.82, 2.24) is 25.9 Å². The number of imidazole rings is 1. The predicted molar refractivity (Wildman–Crippen MR) is 131 cm³/mol. The van der Waals surface area contributed by atoms with Gasteiger partial charge in [0.1, 0.15) is 18.1 Å². The molecular weight excluding hydrogens is 506 g/mol. The number of nitrogens with two attached hydrogens (primary N) is 5. The Kier molecular flexibility index (Phi) is 12.7. The summed E-state index contributed by atoms with van der Waals surface area (Å²) >= 11 is 0. The number of carboxylic acids is 1. The number of hydrogen-bond acceptors (Lipinski definition) is 9. The molecule has 0 radical (unpaired) electrons. The van der Waals surface area contributed by atoms with E-state index in [0.29, 0.717) is 5.69 Å². The molecule has 0 fully saturated rings. The van der Waals surface area contributed by atoms with Gasteiger partial charge >= 0.3 is 5.97 Å². The number of carbonyl (C=O) groups excluding carboxylic acids is 5. The van der Waals surface area contributed by atoms with E-state index in [4.69, 9.17) is 28.7 Å². The summed E-state index contributed by atoms with van der Waals surface area (Å²) in [5.41, 5.74) is 26.8. The number of nitrogens with one attached hydrogen (secondary N) is 4. The molecule has 0 aliphatic rings. The summed E-state index contributed by atoms with van der Waals surface area (Å²) in [4.78, 5) is 82.8. The normalized spacial score (nSPS) is 13.7. The Labute approximate surface area is 216 Å². The number of aromatic nitrogens is 2. The highest BCUT2D eigenvalue weighted by Crippen LogP contribution is 2.05. The van der Waals surface area contributed by atoms with Gasteiger partial charge in [0.05, 0.1) is 25.2 Å². The summed E-state index contributed by atoms with van der Waals surface area (Å²) in [5.74, 6) is -6.21. The van der Waals surface area contributed by atoms with E-state index in [1.807, 2.05) is 0 Å². The van der Waals surface area contributed by atoms with Crippen LogP contribution in [0.4, 0.5) is 0 Å². The molecule has 0 bridgehead atoms. The number of primary amides is 2. The Morgan fingerprint density at radius 1 is 0.895 bits per heavy atom. The minimum absolute atomic E-state index is 0.0415. The molecule has 0 spiro atoms. The van der Waals surface area contributed by atoms with Gasteiger partial charge in [0.15, 0.2) is 5.96 Å². The van der Waals surface area contributed by atoms with E-state index >= 15 is 0 Å². The van der Waals surface area contributed by atoms with Crippen LogP contribution in [0, 0.1) is 0 Å². The number of carboxylic acid groups (broad SMARTS) is 1. The molecule has 0 aromatic carbocycles. The van der Waals surface area contributed by atoms with Crippen molar-refractivity contribution in [1.29, 1.82) is 0 Å². The summed E-state index contributed by atoms with van der Waals surface area (Å²) in [6.45, 7) is 0.0917. The van der Waals surface area contributed by atoms with Gasteiger partial charge in [-0.25, -0.2) is 9.78 Å². The third kappa shape index (κ3) is 11.8. The van der Waals surface area contributed by atoms with Crippen LogP contribution in [0.5, 0.6) is 0 Å². The van der Waals surface area contributed by atoms with Gasteiger partial charge in [0.2, 0.25) is 29.5 Å². The number of aromatic amines is 1. The zero-order valence-electron chi connectivity index (χ0n) is 20.4. The lowest BCUT2D eigenvalue weighted by atomic mass is 10.1. The van der Waals surface area contributed by atoms with Gasteiger partial charge in [0, 0.05) is 24.9 Å². The zero-order valence-corrected chi connectivity index (χ0v) is 20.4. The number of guanidine groups is 1. The zero-order chi connectivity index (χ0) is 28.8. The molecule has 210 valence electrons. The first-order chi connectivity index (χ1) is 17.8. The van der Waals surface area contributed by atoms with Crippen LogP contribution in [0.3, 0.4) is 0 Å². The number of nitrogens with zero attached hydrogens (tertiary/aromatic N) is 2. The largest absolute Gasteiger partial charge is 0.480 e. The SMILES string of the molecule is NC(=O)CC(N)C(=O)NC(CCCN=C(N)N)C(=O)NC(CC(N)=O)C(=O)NC(Cc1cnc[nH]1)C(=O)O. The second kappa shape index (κ2) is 15.4. The molecule has 5 amide bonds. The second-order valence-corrected chi connectivity index (χ2v) is 8.20. The standard InChI is InChI=1S/C20H33N11O7/c21-10(5-14(22)32)16(34)29-11(2-1-3-27-20(24)25)17(35)30-12(6-15(23)33)18(36)31-13(19(37)38)4-9-7-26-8-28-9/h7-8,10-13H,1-6,21H2,(H2,22,32)(H2,23,33)(H,26,28)(H,29,34)(H,30,35)(H,31,36)(H,37,38)(H4,24,25,27). The molecule has 0 aliphatic carbocycles. The summed E-state index contributed by atoms with van der Waals surface area (Å²) in [6.07, 6.45) is 1.50. The third-order valence-electron chi connectivity index (χ3n) is 4.97. The van der Waals surface area contributed by atoms with E-state index in [-0.39, 0.29) is 31.8 Å². The highest BCUT2D eigenvalue weighted by molar-refractivity contribution is 5.96. The van der Waals surface area contributed by atoms with Crippen LogP contribution in [0.2, 0.25) is 0 Å². The molecule has 0 saturated heterocycles. The van der Waals surface area contributed by atoms with Crippen LogP contribution < -0.4 is 44.6 Å². The minimum Gasteiger partial charge on any atom is -0.480 e. The van der Waals surface area contributed by atoms with Crippen molar-refractivity contribution in [2.24, 2.45) is 33.7 Å². The Bertz CT molecular complexity index is 1020. The molecule has 18 nitrogen and oxygen atoms in total. The van der Waals surface area contributed by atoms with E-state index in [0.717, 1.165) is 0 Å². The number of aliphatic carboxylic acids is 1. The lowest BCUT2D eigenvalue weighted by Gasteiger charge is -2.24. The predicted octanol–water partition coefficient (Wildman–Crippen LogP) is -5.38. The fraction of sp³-hybridized carbons (Fsp3) is 0.500. The number of aliphatic imine (C=N–C) groups is 1. The molecule has 15 N–H and O–H groups in total. The van der Waals surface area contributed by atoms with Gasteiger partial charge in [-0.1, -0.05) is 0 Å². The van der Waals surface area contributed by atoms with Crippen molar-refractivity contribution >= 4 is 41.5 Å². The number of amides is 5. The van der Waals surface area contributed by atoms with Crippen molar-refractivity contribution in [3.63, 3.8) is 0 Å².